The summed E-state index contributed by atoms with van der Waals surface area (Å²) in [5, 5.41) is 2.97. The van der Waals surface area contributed by atoms with E-state index in [4.69, 9.17) is 4.74 Å². The molecule has 166 valence electrons. The summed E-state index contributed by atoms with van der Waals surface area (Å²) >= 11 is 0. The van der Waals surface area contributed by atoms with Crippen LogP contribution in [0.3, 0.4) is 0 Å². The minimum Gasteiger partial charge on any atom is -0.373 e. The largest absolute Gasteiger partial charge is 0.373 e. The highest BCUT2D eigenvalue weighted by Crippen LogP contribution is 2.57. The second kappa shape index (κ2) is 8.40. The summed E-state index contributed by atoms with van der Waals surface area (Å²) in [4.78, 5) is 13.9. The van der Waals surface area contributed by atoms with Gasteiger partial charge in [-0.05, 0) is 67.0 Å². The maximum absolute atomic E-state index is 11.3. The smallest absolute Gasteiger partial charge is 0.211 e. The Balaban J connectivity index is 1.58. The molecule has 4 nitrogen and oxygen atoms in total. The summed E-state index contributed by atoms with van der Waals surface area (Å²) < 4.78 is 6.21. The van der Waals surface area contributed by atoms with E-state index in [9.17, 15) is 4.79 Å². The molecule has 4 heteroatoms. The first kappa shape index (κ1) is 22.0. The number of aryl methyl sites for hydroxylation is 1. The molecule has 2 aromatic carbocycles. The number of likely N-dealkylation sites (tertiary alicyclic amines) is 1. The van der Waals surface area contributed by atoms with Crippen LogP contribution in [0, 0.1) is 12.3 Å². The molecule has 1 saturated heterocycles. The average molecular weight is 421 g/mol. The molecule has 0 aromatic heterocycles. The Morgan fingerprint density at radius 1 is 1.19 bits per heavy atom. The van der Waals surface area contributed by atoms with Crippen molar-refractivity contribution in [3.8, 4) is 0 Å². The van der Waals surface area contributed by atoms with Crippen LogP contribution in [0.25, 0.3) is 0 Å². The van der Waals surface area contributed by atoms with Gasteiger partial charge in [0.2, 0.25) is 6.41 Å². The van der Waals surface area contributed by atoms with Gasteiger partial charge in [-0.25, -0.2) is 0 Å². The number of anilines is 1. The summed E-state index contributed by atoms with van der Waals surface area (Å²) in [5.41, 5.74) is 6.51. The van der Waals surface area contributed by atoms with Crippen molar-refractivity contribution < 1.29 is 9.53 Å². The number of ether oxygens (including phenoxy) is 1. The fourth-order valence-electron chi connectivity index (χ4n) is 6.05. The van der Waals surface area contributed by atoms with E-state index >= 15 is 0 Å². The zero-order chi connectivity index (χ0) is 22.2. The van der Waals surface area contributed by atoms with E-state index < -0.39 is 0 Å². The third-order valence-electron chi connectivity index (χ3n) is 8.15. The van der Waals surface area contributed by atoms with Crippen molar-refractivity contribution >= 4 is 12.1 Å². The average Bonchev–Trinajstić information content (AvgIpc) is 2.73. The molecule has 1 aliphatic heterocycles. The topological polar surface area (TPSA) is 41.6 Å². The highest BCUT2D eigenvalue weighted by molar-refractivity contribution is 5.75. The van der Waals surface area contributed by atoms with Gasteiger partial charge in [0.25, 0.3) is 0 Å². The van der Waals surface area contributed by atoms with Gasteiger partial charge in [-0.2, -0.15) is 0 Å². The van der Waals surface area contributed by atoms with Crippen molar-refractivity contribution in [1.29, 1.82) is 0 Å². The fourth-order valence-corrected chi connectivity index (χ4v) is 6.05. The minimum absolute atomic E-state index is 0.0839. The van der Waals surface area contributed by atoms with E-state index in [0.29, 0.717) is 12.6 Å². The number of rotatable bonds is 7. The Morgan fingerprint density at radius 3 is 2.65 bits per heavy atom. The number of fused-ring (bicyclic) bond motifs is 4. The maximum Gasteiger partial charge on any atom is 0.211 e. The molecule has 0 saturated carbocycles. The third kappa shape index (κ3) is 3.81. The zero-order valence-corrected chi connectivity index (χ0v) is 19.6. The molecule has 1 N–H and O–H groups in total. The predicted molar refractivity (Wildman–Crippen MR) is 126 cm³/mol. The lowest BCUT2D eigenvalue weighted by molar-refractivity contribution is -0.105. The lowest BCUT2D eigenvalue weighted by Gasteiger charge is -2.61. The number of nitrogens with one attached hydrogen (secondary N) is 1. The van der Waals surface area contributed by atoms with Gasteiger partial charge in [0, 0.05) is 23.7 Å². The normalized spacial score (nSPS) is 25.5. The quantitative estimate of drug-likeness (QED) is 0.635. The van der Waals surface area contributed by atoms with E-state index in [0.717, 1.165) is 38.0 Å². The number of amides is 1. The minimum atomic E-state index is 0.0839. The molecular weight excluding hydrogens is 384 g/mol. The van der Waals surface area contributed by atoms with Crippen molar-refractivity contribution in [3.05, 3.63) is 64.7 Å². The molecule has 4 rings (SSSR count). The molecular formula is C27H36N2O2. The monoisotopic (exact) mass is 420 g/mol. The van der Waals surface area contributed by atoms with E-state index in [1.54, 1.807) is 0 Å². The molecule has 1 fully saturated rings. The van der Waals surface area contributed by atoms with Crippen LogP contribution in [0.4, 0.5) is 5.69 Å². The van der Waals surface area contributed by atoms with Crippen LogP contribution in [0.5, 0.6) is 0 Å². The van der Waals surface area contributed by atoms with Gasteiger partial charge < -0.3 is 10.1 Å². The van der Waals surface area contributed by atoms with Crippen LogP contribution in [-0.2, 0) is 28.0 Å². The summed E-state index contributed by atoms with van der Waals surface area (Å²) in [5.74, 6) is 0. The number of benzene rings is 2. The van der Waals surface area contributed by atoms with Crippen LogP contribution < -0.4 is 5.32 Å². The first-order valence-electron chi connectivity index (χ1n) is 11.5. The lowest BCUT2D eigenvalue weighted by Crippen LogP contribution is -2.64. The molecule has 2 aromatic rings. The van der Waals surface area contributed by atoms with Crippen LogP contribution in [-0.4, -0.2) is 36.5 Å². The van der Waals surface area contributed by atoms with Crippen molar-refractivity contribution in [3.63, 3.8) is 0 Å². The highest BCUT2D eigenvalue weighted by atomic mass is 16.5. The number of carbonyl (C=O) groups excluding carboxylic acids is 1. The molecule has 2 aliphatic rings. The van der Waals surface area contributed by atoms with Gasteiger partial charge in [-0.3, -0.25) is 9.69 Å². The molecule has 0 radical (unpaired) electrons. The maximum atomic E-state index is 11.3. The Morgan fingerprint density at radius 2 is 1.94 bits per heavy atom. The molecule has 3 atom stereocenters. The number of piperidine rings is 1. The SMILES string of the molecule is Cc1ccc(NC=O)c2c1C1(C)CCN(CC(C)OCc3ccccc3)C(C2)C1(C)C. The van der Waals surface area contributed by atoms with Crippen LogP contribution in [0.1, 0.15) is 56.4 Å². The molecule has 1 aliphatic carbocycles. The summed E-state index contributed by atoms with van der Waals surface area (Å²) in [6, 6.07) is 15.0. The van der Waals surface area contributed by atoms with Crippen LogP contribution in [0.2, 0.25) is 0 Å². The van der Waals surface area contributed by atoms with Gasteiger partial charge in [0.1, 0.15) is 0 Å². The standard InChI is InChI=1S/C27H36N2O2/c1-19-11-12-23(28-18-30)22-15-24-26(3,4)27(5,25(19)22)13-14-29(24)16-20(2)31-17-21-9-7-6-8-10-21/h6-12,18,20,24H,13-17H2,1-5H3,(H,28,30). The van der Waals surface area contributed by atoms with Gasteiger partial charge in [-0.1, -0.05) is 57.2 Å². The summed E-state index contributed by atoms with van der Waals surface area (Å²) in [7, 11) is 0. The van der Waals surface area contributed by atoms with Crippen molar-refractivity contribution in [2.45, 2.75) is 71.6 Å². The first-order valence-corrected chi connectivity index (χ1v) is 11.5. The van der Waals surface area contributed by atoms with Crippen molar-refractivity contribution in [1.82, 2.24) is 4.90 Å². The molecule has 0 spiro atoms. The third-order valence-corrected chi connectivity index (χ3v) is 8.15. The fraction of sp³-hybridized carbons (Fsp3) is 0.519. The first-order chi connectivity index (χ1) is 14.8. The molecule has 2 bridgehead atoms. The zero-order valence-electron chi connectivity index (χ0n) is 19.6. The molecule has 1 heterocycles. The second-order valence-corrected chi connectivity index (χ2v) is 10.2. The summed E-state index contributed by atoms with van der Waals surface area (Å²) in [6.07, 6.45) is 3.04. The van der Waals surface area contributed by atoms with Crippen molar-refractivity contribution in [2.75, 3.05) is 18.4 Å². The second-order valence-electron chi connectivity index (χ2n) is 10.2. The van der Waals surface area contributed by atoms with E-state index in [-0.39, 0.29) is 16.9 Å². The van der Waals surface area contributed by atoms with E-state index in [1.165, 1.54) is 22.3 Å². The number of hydrogen-bond acceptors (Lipinski definition) is 3. The van der Waals surface area contributed by atoms with Gasteiger partial charge in [0.05, 0.1) is 12.7 Å². The lowest BCUT2D eigenvalue weighted by atomic mass is 9.50. The van der Waals surface area contributed by atoms with Gasteiger partial charge in [-0.15, -0.1) is 0 Å². The highest BCUT2D eigenvalue weighted by Gasteiger charge is 2.56. The van der Waals surface area contributed by atoms with Crippen LogP contribution in [0.15, 0.2) is 42.5 Å². The Kier molecular flexibility index (Phi) is 5.97. The Bertz CT molecular complexity index is 940. The van der Waals surface area contributed by atoms with Gasteiger partial charge in [0.15, 0.2) is 0 Å². The Hall–Kier alpha value is -2.17. The number of nitrogens with zero attached hydrogens (tertiary/aromatic N) is 1. The summed E-state index contributed by atoms with van der Waals surface area (Å²) in [6.45, 7) is 14.4. The molecule has 3 unspecified atom stereocenters. The Labute approximate surface area is 187 Å². The van der Waals surface area contributed by atoms with E-state index in [2.05, 4.69) is 81.2 Å². The van der Waals surface area contributed by atoms with Crippen LogP contribution >= 0.6 is 0 Å². The number of hydrogen-bond donors (Lipinski definition) is 1. The van der Waals surface area contributed by atoms with Gasteiger partial charge >= 0.3 is 0 Å². The molecule has 31 heavy (non-hydrogen) atoms. The predicted octanol–water partition coefficient (Wildman–Crippen LogP) is 5.08. The molecule has 1 amide bonds. The van der Waals surface area contributed by atoms with E-state index in [1.807, 2.05) is 6.07 Å². The van der Waals surface area contributed by atoms with Crippen molar-refractivity contribution in [2.24, 2.45) is 5.41 Å². The number of carbonyl (C=O) groups is 1.